The summed E-state index contributed by atoms with van der Waals surface area (Å²) in [5, 5.41) is 13.7. The Bertz CT molecular complexity index is 684. The number of hydrogen-bond donors (Lipinski definition) is 2. The van der Waals surface area contributed by atoms with Gasteiger partial charge in [0.2, 0.25) is 0 Å². The van der Waals surface area contributed by atoms with E-state index in [-0.39, 0.29) is 6.04 Å². The Morgan fingerprint density at radius 1 is 1.21 bits per heavy atom. The first-order valence-corrected chi connectivity index (χ1v) is 10.8. The number of ether oxygens (including phenoxy) is 2. The molecule has 0 unspecified atom stereocenters. The van der Waals surface area contributed by atoms with Crippen LogP contribution < -0.4 is 10.1 Å². The normalized spacial score (nSPS) is 24.6. The number of aliphatic hydroxyl groups is 1. The first-order chi connectivity index (χ1) is 13.8. The van der Waals surface area contributed by atoms with E-state index in [4.69, 9.17) is 9.47 Å². The lowest BCUT2D eigenvalue weighted by molar-refractivity contribution is -0.0235. The van der Waals surface area contributed by atoms with Crippen molar-refractivity contribution in [1.29, 1.82) is 0 Å². The molecule has 0 aromatic heterocycles. The molecule has 0 radical (unpaired) electrons. The van der Waals surface area contributed by atoms with Gasteiger partial charge in [-0.3, -0.25) is 0 Å². The van der Waals surface area contributed by atoms with Crippen LogP contribution in [0.2, 0.25) is 0 Å². The number of methoxy groups -OCH3 is 1. The molecule has 4 atom stereocenters. The van der Waals surface area contributed by atoms with Crippen molar-refractivity contribution in [2.45, 2.75) is 38.8 Å². The Labute approximate surface area is 176 Å². The summed E-state index contributed by atoms with van der Waals surface area (Å²) >= 11 is 0. The van der Waals surface area contributed by atoms with Gasteiger partial charge in [0.15, 0.2) is 0 Å². The minimum absolute atomic E-state index is 0.232. The zero-order valence-electron chi connectivity index (χ0n) is 18.6. The van der Waals surface area contributed by atoms with Crippen LogP contribution in [0.15, 0.2) is 35.9 Å². The van der Waals surface area contributed by atoms with E-state index in [1.165, 1.54) is 24.0 Å². The molecule has 1 fully saturated rings. The summed E-state index contributed by atoms with van der Waals surface area (Å²) in [4.78, 5) is 2.18. The Morgan fingerprint density at radius 2 is 1.93 bits per heavy atom. The van der Waals surface area contributed by atoms with Crippen molar-refractivity contribution >= 4 is 0 Å². The van der Waals surface area contributed by atoms with E-state index in [2.05, 4.69) is 56.4 Å². The van der Waals surface area contributed by atoms with Gasteiger partial charge in [-0.15, -0.1) is 0 Å². The van der Waals surface area contributed by atoms with E-state index in [1.807, 2.05) is 12.1 Å². The highest BCUT2D eigenvalue weighted by Crippen LogP contribution is 2.59. The zero-order valence-corrected chi connectivity index (χ0v) is 18.6. The Hall–Kier alpha value is -1.40. The molecule has 0 spiro atoms. The van der Waals surface area contributed by atoms with E-state index >= 15 is 0 Å². The lowest BCUT2D eigenvalue weighted by Gasteiger charge is -2.56. The van der Waals surface area contributed by atoms with Gasteiger partial charge in [0.1, 0.15) is 5.75 Å². The fraction of sp³-hybridized carbons (Fsp3) is 0.667. The SMILES string of the molecule is COc1ccc([C@@H](CNC[C@H](O)COCC2=CC[C@H]3C[C@@H]2C3(C)C)N(C)C)cc1. The van der Waals surface area contributed by atoms with Crippen LogP contribution in [0, 0.1) is 17.3 Å². The predicted octanol–water partition coefficient (Wildman–Crippen LogP) is 3.26. The number of nitrogens with one attached hydrogen (secondary N) is 1. The molecule has 4 rings (SSSR count). The predicted molar refractivity (Wildman–Crippen MR) is 117 cm³/mol. The highest BCUT2D eigenvalue weighted by Gasteiger charge is 2.50. The van der Waals surface area contributed by atoms with Crippen molar-refractivity contribution in [2.24, 2.45) is 17.3 Å². The summed E-state index contributed by atoms with van der Waals surface area (Å²) in [7, 11) is 5.82. The van der Waals surface area contributed by atoms with Gasteiger partial charge >= 0.3 is 0 Å². The van der Waals surface area contributed by atoms with Crippen LogP contribution in [0.1, 0.15) is 38.3 Å². The van der Waals surface area contributed by atoms with Crippen molar-refractivity contribution < 1.29 is 14.6 Å². The van der Waals surface area contributed by atoms with Crippen LogP contribution >= 0.6 is 0 Å². The molecule has 1 aromatic rings. The lowest BCUT2D eigenvalue weighted by Crippen LogP contribution is -2.48. The zero-order chi connectivity index (χ0) is 21.0. The largest absolute Gasteiger partial charge is 0.497 e. The molecular weight excluding hydrogens is 364 g/mol. The molecule has 2 bridgehead atoms. The quantitative estimate of drug-likeness (QED) is 0.557. The van der Waals surface area contributed by atoms with Crippen molar-refractivity contribution in [3.63, 3.8) is 0 Å². The number of rotatable bonds is 11. The van der Waals surface area contributed by atoms with Gasteiger partial charge in [-0.05, 0) is 67.5 Å². The maximum atomic E-state index is 10.3. The molecule has 0 saturated heterocycles. The molecule has 5 heteroatoms. The Kier molecular flexibility index (Phi) is 7.38. The highest BCUT2D eigenvalue weighted by molar-refractivity contribution is 5.29. The van der Waals surface area contributed by atoms with Crippen LogP contribution in [-0.4, -0.2) is 63.6 Å². The average Bonchev–Trinajstić information content (AvgIpc) is 2.71. The summed E-state index contributed by atoms with van der Waals surface area (Å²) in [5.41, 5.74) is 3.08. The minimum atomic E-state index is -0.500. The molecule has 3 aliphatic rings. The highest BCUT2D eigenvalue weighted by atomic mass is 16.5. The third kappa shape index (κ3) is 5.21. The number of fused-ring (bicyclic) bond motifs is 1. The number of hydrogen-bond acceptors (Lipinski definition) is 5. The first-order valence-electron chi connectivity index (χ1n) is 10.8. The van der Waals surface area contributed by atoms with Crippen molar-refractivity contribution in [1.82, 2.24) is 10.2 Å². The molecule has 0 heterocycles. The fourth-order valence-corrected chi connectivity index (χ4v) is 4.82. The second kappa shape index (κ2) is 9.61. The maximum Gasteiger partial charge on any atom is 0.118 e. The molecule has 29 heavy (non-hydrogen) atoms. The number of aliphatic hydroxyl groups excluding tert-OH is 1. The molecule has 162 valence electrons. The van der Waals surface area contributed by atoms with Gasteiger partial charge < -0.3 is 24.8 Å². The van der Waals surface area contributed by atoms with Crippen molar-refractivity contribution in [3.8, 4) is 5.75 Å². The van der Waals surface area contributed by atoms with E-state index in [0.29, 0.717) is 31.1 Å². The third-order valence-corrected chi connectivity index (χ3v) is 7.00. The molecular formula is C24H38N2O3. The van der Waals surface area contributed by atoms with Crippen molar-refractivity contribution in [2.75, 3.05) is 47.5 Å². The number of allylic oxidation sites excluding steroid dienone is 1. The van der Waals surface area contributed by atoms with Crippen LogP contribution in [0.4, 0.5) is 0 Å². The molecule has 3 aliphatic carbocycles. The van der Waals surface area contributed by atoms with Crippen molar-refractivity contribution in [3.05, 3.63) is 41.5 Å². The molecule has 1 saturated carbocycles. The number of nitrogens with zero attached hydrogens (tertiary/aromatic N) is 1. The summed E-state index contributed by atoms with van der Waals surface area (Å²) in [6.07, 6.45) is 4.36. The van der Waals surface area contributed by atoms with Gasteiger partial charge in [0, 0.05) is 19.1 Å². The maximum absolute atomic E-state index is 10.3. The Morgan fingerprint density at radius 3 is 2.52 bits per heavy atom. The lowest BCUT2D eigenvalue weighted by atomic mass is 9.49. The summed E-state index contributed by atoms with van der Waals surface area (Å²) in [6.45, 7) is 7.07. The molecule has 0 amide bonds. The van der Waals surface area contributed by atoms with Crippen LogP contribution in [0.5, 0.6) is 5.75 Å². The van der Waals surface area contributed by atoms with E-state index in [9.17, 15) is 5.11 Å². The van der Waals surface area contributed by atoms with Crippen LogP contribution in [-0.2, 0) is 4.74 Å². The van der Waals surface area contributed by atoms with Gasteiger partial charge in [-0.25, -0.2) is 0 Å². The second-order valence-electron chi connectivity index (χ2n) is 9.40. The second-order valence-corrected chi connectivity index (χ2v) is 9.40. The summed E-state index contributed by atoms with van der Waals surface area (Å²) < 4.78 is 11.1. The monoisotopic (exact) mass is 402 g/mol. The first kappa shape index (κ1) is 22.3. The Balaban J connectivity index is 1.38. The smallest absolute Gasteiger partial charge is 0.118 e. The van der Waals surface area contributed by atoms with Crippen LogP contribution in [0.25, 0.3) is 0 Å². The third-order valence-electron chi connectivity index (χ3n) is 7.00. The number of benzene rings is 1. The van der Waals surface area contributed by atoms with E-state index < -0.39 is 6.10 Å². The summed E-state index contributed by atoms with van der Waals surface area (Å²) in [6, 6.07) is 8.39. The average molecular weight is 403 g/mol. The molecule has 5 nitrogen and oxygen atoms in total. The van der Waals surface area contributed by atoms with E-state index in [1.54, 1.807) is 7.11 Å². The molecule has 1 aromatic carbocycles. The van der Waals surface area contributed by atoms with Gasteiger partial charge in [-0.1, -0.05) is 32.1 Å². The molecule has 0 aliphatic heterocycles. The minimum Gasteiger partial charge on any atom is -0.497 e. The van der Waals surface area contributed by atoms with Gasteiger partial charge in [0.05, 0.1) is 26.4 Å². The molecule has 2 N–H and O–H groups in total. The fourth-order valence-electron chi connectivity index (χ4n) is 4.82. The number of likely N-dealkylation sites (N-methyl/N-ethyl adjacent to an activating group) is 1. The standard InChI is InChI=1S/C24H38N2O3/c1-24(2)19-9-6-18(22(24)12-19)15-29-16-20(27)13-25-14-23(26(3)4)17-7-10-21(28-5)11-8-17/h6-8,10-11,19-20,22-23,25,27H,9,12-16H2,1-5H3/t19-,20-,22-,23+/m0/s1. The van der Waals surface area contributed by atoms with E-state index in [0.717, 1.165) is 18.2 Å². The van der Waals surface area contributed by atoms with Crippen LogP contribution in [0.3, 0.4) is 0 Å². The van der Waals surface area contributed by atoms with Gasteiger partial charge in [-0.2, -0.15) is 0 Å². The summed E-state index contributed by atoms with van der Waals surface area (Å²) in [5.74, 6) is 2.38. The topological polar surface area (TPSA) is 54.0 Å². The van der Waals surface area contributed by atoms with Gasteiger partial charge in [0.25, 0.3) is 0 Å².